The van der Waals surface area contributed by atoms with E-state index in [9.17, 15) is 9.59 Å². The number of nitrogens with zero attached hydrogens (tertiary/aromatic N) is 3. The molecule has 1 N–H and O–H groups in total. The molecule has 160 valence electrons. The van der Waals surface area contributed by atoms with E-state index in [0.29, 0.717) is 23.2 Å². The Hall–Kier alpha value is -1.73. The molecule has 0 saturated carbocycles. The van der Waals surface area contributed by atoms with Crippen LogP contribution in [0.5, 0.6) is 0 Å². The Morgan fingerprint density at radius 1 is 1.07 bits per heavy atom. The quantitative estimate of drug-likeness (QED) is 0.815. The van der Waals surface area contributed by atoms with Gasteiger partial charge in [0.25, 0.3) is 5.91 Å². The van der Waals surface area contributed by atoms with Crippen LogP contribution in [-0.2, 0) is 4.79 Å². The maximum absolute atomic E-state index is 13.0. The van der Waals surface area contributed by atoms with E-state index in [1.54, 1.807) is 16.7 Å². The van der Waals surface area contributed by atoms with Crippen LogP contribution in [0.2, 0.25) is 0 Å². The molecule has 3 rings (SSSR count). The molecular formula is C22H34N4O2S. The van der Waals surface area contributed by atoms with Crippen molar-refractivity contribution in [1.29, 1.82) is 0 Å². The highest BCUT2D eigenvalue weighted by Gasteiger charge is 2.36. The zero-order valence-electron chi connectivity index (χ0n) is 18.3. The van der Waals surface area contributed by atoms with E-state index in [4.69, 9.17) is 0 Å². The standard InChI is InChI=1S/C22H34N4O2S/c1-16(2)24-10-12-25(13-11-24)18-8-6-17(7-9-18)21(28)26-15-29-14-19(26)20(27)23-22(3,4)5/h6-9,16,19H,10-15H2,1-5H3,(H,23,27). The van der Waals surface area contributed by atoms with Crippen LogP contribution in [-0.4, -0.2) is 77.0 Å². The van der Waals surface area contributed by atoms with Crippen LogP contribution in [0.1, 0.15) is 45.0 Å². The number of rotatable bonds is 4. The second-order valence-corrected chi connectivity index (χ2v) is 10.2. The van der Waals surface area contributed by atoms with Crippen molar-refractivity contribution in [3.05, 3.63) is 29.8 Å². The van der Waals surface area contributed by atoms with Crippen molar-refractivity contribution in [2.45, 2.75) is 52.2 Å². The molecule has 0 spiro atoms. The Morgan fingerprint density at radius 2 is 1.69 bits per heavy atom. The topological polar surface area (TPSA) is 55.9 Å². The van der Waals surface area contributed by atoms with E-state index in [1.807, 2.05) is 45.0 Å². The third-order valence-corrected chi connectivity index (χ3v) is 6.48. The van der Waals surface area contributed by atoms with Gasteiger partial charge in [0.15, 0.2) is 0 Å². The summed E-state index contributed by atoms with van der Waals surface area (Å²) in [5.74, 6) is 1.06. The molecular weight excluding hydrogens is 384 g/mol. The summed E-state index contributed by atoms with van der Waals surface area (Å²) in [5.41, 5.74) is 1.49. The minimum atomic E-state index is -0.407. The molecule has 29 heavy (non-hydrogen) atoms. The van der Waals surface area contributed by atoms with Gasteiger partial charge in [-0.15, -0.1) is 11.8 Å². The lowest BCUT2D eigenvalue weighted by Crippen LogP contribution is -2.52. The maximum atomic E-state index is 13.0. The third kappa shape index (κ3) is 5.45. The molecule has 2 saturated heterocycles. The number of hydrogen-bond acceptors (Lipinski definition) is 5. The minimum Gasteiger partial charge on any atom is -0.369 e. The second-order valence-electron chi connectivity index (χ2n) is 9.19. The van der Waals surface area contributed by atoms with Gasteiger partial charge in [-0.2, -0.15) is 0 Å². The summed E-state index contributed by atoms with van der Waals surface area (Å²) in [7, 11) is 0. The molecule has 2 heterocycles. The zero-order chi connectivity index (χ0) is 21.2. The first kappa shape index (κ1) is 22.0. The van der Waals surface area contributed by atoms with E-state index in [1.165, 1.54) is 0 Å². The number of piperazine rings is 1. The van der Waals surface area contributed by atoms with Crippen molar-refractivity contribution in [1.82, 2.24) is 15.1 Å². The number of benzene rings is 1. The summed E-state index contributed by atoms with van der Waals surface area (Å²) >= 11 is 1.63. The molecule has 6 nitrogen and oxygen atoms in total. The number of carbonyl (C=O) groups excluding carboxylic acids is 2. The first-order valence-corrected chi connectivity index (χ1v) is 11.6. The number of carbonyl (C=O) groups is 2. The van der Waals surface area contributed by atoms with Gasteiger partial charge in [-0.1, -0.05) is 0 Å². The van der Waals surface area contributed by atoms with Crippen LogP contribution in [0, 0.1) is 0 Å². The van der Waals surface area contributed by atoms with Gasteiger partial charge >= 0.3 is 0 Å². The SMILES string of the molecule is CC(C)N1CCN(c2ccc(C(=O)N3CSCC3C(=O)NC(C)(C)C)cc2)CC1. The van der Waals surface area contributed by atoms with Crippen LogP contribution in [0.3, 0.4) is 0 Å². The van der Waals surface area contributed by atoms with Gasteiger partial charge in [-0.3, -0.25) is 14.5 Å². The van der Waals surface area contributed by atoms with Crippen LogP contribution < -0.4 is 10.2 Å². The summed E-state index contributed by atoms with van der Waals surface area (Å²) in [4.78, 5) is 32.2. The first-order valence-electron chi connectivity index (χ1n) is 10.5. The Balaban J connectivity index is 1.63. The van der Waals surface area contributed by atoms with Gasteiger partial charge in [-0.05, 0) is 58.9 Å². The van der Waals surface area contributed by atoms with Crippen molar-refractivity contribution in [3.63, 3.8) is 0 Å². The summed E-state index contributed by atoms with van der Waals surface area (Å²) < 4.78 is 0. The van der Waals surface area contributed by atoms with E-state index >= 15 is 0 Å². The number of amides is 2. The Kier molecular flexibility index (Phi) is 6.79. The average molecular weight is 419 g/mol. The summed E-state index contributed by atoms with van der Waals surface area (Å²) in [6, 6.07) is 8.04. The minimum absolute atomic E-state index is 0.0692. The lowest BCUT2D eigenvalue weighted by molar-refractivity contribution is -0.125. The third-order valence-electron chi connectivity index (χ3n) is 5.47. The average Bonchev–Trinajstić information content (AvgIpc) is 3.16. The highest BCUT2D eigenvalue weighted by molar-refractivity contribution is 7.99. The number of nitrogens with one attached hydrogen (secondary N) is 1. The van der Waals surface area contributed by atoms with Crippen LogP contribution >= 0.6 is 11.8 Å². The molecule has 1 aromatic carbocycles. The summed E-state index contributed by atoms with van der Waals surface area (Å²) in [6.07, 6.45) is 0. The van der Waals surface area contributed by atoms with E-state index in [-0.39, 0.29) is 17.4 Å². The highest BCUT2D eigenvalue weighted by Crippen LogP contribution is 2.25. The van der Waals surface area contributed by atoms with Gasteiger partial charge in [-0.25, -0.2) is 0 Å². The molecule has 2 aliphatic rings. The van der Waals surface area contributed by atoms with Crippen molar-refractivity contribution < 1.29 is 9.59 Å². The summed E-state index contributed by atoms with van der Waals surface area (Å²) in [6.45, 7) is 14.5. The molecule has 0 bridgehead atoms. The van der Waals surface area contributed by atoms with Gasteiger partial charge in [0.05, 0.1) is 5.88 Å². The fourth-order valence-electron chi connectivity index (χ4n) is 3.79. The fourth-order valence-corrected chi connectivity index (χ4v) is 4.94. The van der Waals surface area contributed by atoms with E-state index in [2.05, 4.69) is 29.0 Å². The second kappa shape index (κ2) is 8.96. The predicted molar refractivity (Wildman–Crippen MR) is 121 cm³/mol. The van der Waals surface area contributed by atoms with Crippen molar-refractivity contribution in [2.75, 3.05) is 42.7 Å². The normalized spacial score (nSPS) is 21.0. The first-order chi connectivity index (χ1) is 13.7. The molecule has 1 aromatic rings. The van der Waals surface area contributed by atoms with Gasteiger partial charge < -0.3 is 15.1 Å². The lowest BCUT2D eigenvalue weighted by Gasteiger charge is -2.38. The largest absolute Gasteiger partial charge is 0.369 e. The molecule has 0 radical (unpaired) electrons. The number of thioether (sulfide) groups is 1. The smallest absolute Gasteiger partial charge is 0.255 e. The van der Waals surface area contributed by atoms with Crippen molar-refractivity contribution >= 4 is 29.3 Å². The molecule has 1 unspecified atom stereocenters. The van der Waals surface area contributed by atoms with Crippen LogP contribution in [0.25, 0.3) is 0 Å². The lowest BCUT2D eigenvalue weighted by atomic mass is 10.1. The molecule has 7 heteroatoms. The highest BCUT2D eigenvalue weighted by atomic mass is 32.2. The molecule has 1 atom stereocenters. The fraction of sp³-hybridized carbons (Fsp3) is 0.636. The van der Waals surface area contributed by atoms with Crippen LogP contribution in [0.15, 0.2) is 24.3 Å². The monoisotopic (exact) mass is 418 g/mol. The van der Waals surface area contributed by atoms with E-state index in [0.717, 1.165) is 31.9 Å². The molecule has 0 aromatic heterocycles. The van der Waals surface area contributed by atoms with Gasteiger partial charge in [0.1, 0.15) is 6.04 Å². The molecule has 0 aliphatic carbocycles. The number of hydrogen-bond donors (Lipinski definition) is 1. The van der Waals surface area contributed by atoms with Gasteiger partial charge in [0, 0.05) is 54.8 Å². The zero-order valence-corrected chi connectivity index (χ0v) is 19.1. The van der Waals surface area contributed by atoms with Crippen LogP contribution in [0.4, 0.5) is 5.69 Å². The Bertz CT molecular complexity index is 721. The predicted octanol–water partition coefficient (Wildman–Crippen LogP) is 2.65. The van der Waals surface area contributed by atoms with Crippen molar-refractivity contribution in [2.24, 2.45) is 0 Å². The summed E-state index contributed by atoms with van der Waals surface area (Å²) in [5, 5.41) is 3.00. The van der Waals surface area contributed by atoms with E-state index < -0.39 is 6.04 Å². The number of anilines is 1. The van der Waals surface area contributed by atoms with Gasteiger partial charge in [0.2, 0.25) is 5.91 Å². The Morgan fingerprint density at radius 3 is 2.24 bits per heavy atom. The Labute approximate surface area is 179 Å². The molecule has 2 aliphatic heterocycles. The molecule has 2 amide bonds. The molecule has 2 fully saturated rings. The van der Waals surface area contributed by atoms with Crippen molar-refractivity contribution in [3.8, 4) is 0 Å². The maximum Gasteiger partial charge on any atom is 0.255 e.